The van der Waals surface area contributed by atoms with Crippen LogP contribution in [0.4, 0.5) is 4.39 Å². The van der Waals surface area contributed by atoms with Crippen LogP contribution in [0, 0.1) is 5.82 Å². The smallest absolute Gasteiger partial charge is 0.127 e. The van der Waals surface area contributed by atoms with E-state index in [0.717, 1.165) is 18.7 Å². The number of ether oxygens (including phenoxy) is 1. The Morgan fingerprint density at radius 1 is 0.821 bits per heavy atom. The van der Waals surface area contributed by atoms with E-state index in [1.54, 1.807) is 6.07 Å². The minimum Gasteiger partial charge on any atom is -0.491 e. The van der Waals surface area contributed by atoms with Crippen molar-refractivity contribution in [3.63, 3.8) is 0 Å². The molecule has 3 aromatic carbocycles. The van der Waals surface area contributed by atoms with Crippen molar-refractivity contribution in [2.75, 3.05) is 6.54 Å². The van der Waals surface area contributed by atoms with Gasteiger partial charge in [0.15, 0.2) is 0 Å². The van der Waals surface area contributed by atoms with Crippen molar-refractivity contribution in [2.45, 2.75) is 38.8 Å². The minimum atomic E-state index is -0.157. The van der Waals surface area contributed by atoms with Gasteiger partial charge in [0.25, 0.3) is 0 Å². The monoisotopic (exact) mass is 377 g/mol. The molecular weight excluding hydrogens is 349 g/mol. The minimum absolute atomic E-state index is 0.157. The molecule has 0 saturated carbocycles. The number of nitrogens with one attached hydrogen (secondary N) is 1. The molecular formula is C25H28FNO. The molecule has 2 nitrogen and oxygen atoms in total. The van der Waals surface area contributed by atoms with Crippen LogP contribution in [-0.2, 0) is 6.54 Å². The van der Waals surface area contributed by atoms with Gasteiger partial charge in [-0.15, -0.1) is 0 Å². The Morgan fingerprint density at radius 2 is 1.46 bits per heavy atom. The van der Waals surface area contributed by atoms with Crippen LogP contribution < -0.4 is 10.1 Å². The number of hydrogen-bond donors (Lipinski definition) is 1. The van der Waals surface area contributed by atoms with Gasteiger partial charge in [-0.25, -0.2) is 4.39 Å². The van der Waals surface area contributed by atoms with Crippen molar-refractivity contribution >= 4 is 0 Å². The Hall–Kier alpha value is -2.65. The highest BCUT2D eigenvalue weighted by molar-refractivity contribution is 5.36. The first kappa shape index (κ1) is 20.1. The van der Waals surface area contributed by atoms with E-state index in [0.29, 0.717) is 12.1 Å². The van der Waals surface area contributed by atoms with Crippen LogP contribution in [0.3, 0.4) is 0 Å². The van der Waals surface area contributed by atoms with Crippen LogP contribution in [0.1, 0.15) is 42.9 Å². The highest BCUT2D eigenvalue weighted by Gasteiger charge is 2.14. The Balaban J connectivity index is 1.67. The number of halogens is 1. The molecule has 3 aromatic rings. The zero-order valence-corrected chi connectivity index (χ0v) is 16.6. The van der Waals surface area contributed by atoms with Gasteiger partial charge in [0, 0.05) is 18.0 Å². The zero-order chi connectivity index (χ0) is 19.8. The van der Waals surface area contributed by atoms with Crippen LogP contribution in [0.5, 0.6) is 5.75 Å². The van der Waals surface area contributed by atoms with Crippen LogP contribution in [0.15, 0.2) is 78.9 Å². The van der Waals surface area contributed by atoms with Crippen molar-refractivity contribution in [3.8, 4) is 5.75 Å². The standard InChI is InChI=1S/C25H28FNO/c1-19(2)28-23-14-12-21(13-15-23)24(20-8-4-3-5-9-20)16-17-27-18-22-10-6-7-11-25(22)26/h3-15,19,24,27H,16-18H2,1-2H3/t24-/m1/s1. The summed E-state index contributed by atoms with van der Waals surface area (Å²) in [5.74, 6) is 1.01. The van der Waals surface area contributed by atoms with Crippen LogP contribution in [0.2, 0.25) is 0 Å². The molecule has 1 N–H and O–H groups in total. The van der Waals surface area contributed by atoms with Gasteiger partial charge in [0.1, 0.15) is 11.6 Å². The van der Waals surface area contributed by atoms with Crippen LogP contribution >= 0.6 is 0 Å². The van der Waals surface area contributed by atoms with Crippen LogP contribution in [0.25, 0.3) is 0 Å². The van der Waals surface area contributed by atoms with Gasteiger partial charge in [-0.3, -0.25) is 0 Å². The zero-order valence-electron chi connectivity index (χ0n) is 16.6. The molecule has 0 aliphatic carbocycles. The lowest BCUT2D eigenvalue weighted by Crippen LogP contribution is -2.18. The fourth-order valence-corrected chi connectivity index (χ4v) is 3.37. The average molecular weight is 378 g/mol. The normalized spacial score (nSPS) is 12.1. The molecule has 0 bridgehead atoms. The summed E-state index contributed by atoms with van der Waals surface area (Å²) in [5.41, 5.74) is 3.25. The number of benzene rings is 3. The van der Waals surface area contributed by atoms with Gasteiger partial charge in [-0.1, -0.05) is 60.7 Å². The summed E-state index contributed by atoms with van der Waals surface area (Å²) in [6.07, 6.45) is 1.10. The molecule has 0 heterocycles. The molecule has 0 amide bonds. The predicted molar refractivity (Wildman–Crippen MR) is 113 cm³/mol. The lowest BCUT2D eigenvalue weighted by atomic mass is 9.88. The second kappa shape index (κ2) is 10.0. The number of rotatable bonds is 9. The maximum atomic E-state index is 13.8. The molecule has 0 aliphatic rings. The third kappa shape index (κ3) is 5.67. The van der Waals surface area contributed by atoms with E-state index in [1.165, 1.54) is 17.2 Å². The second-order valence-electron chi connectivity index (χ2n) is 7.26. The first-order valence-electron chi connectivity index (χ1n) is 9.89. The molecule has 1 atom stereocenters. The topological polar surface area (TPSA) is 21.3 Å². The Kier molecular flexibility index (Phi) is 7.21. The van der Waals surface area contributed by atoms with E-state index in [2.05, 4.69) is 41.7 Å². The van der Waals surface area contributed by atoms with Gasteiger partial charge in [0.2, 0.25) is 0 Å². The van der Waals surface area contributed by atoms with Crippen molar-refractivity contribution in [2.24, 2.45) is 0 Å². The molecule has 146 valence electrons. The third-order valence-electron chi connectivity index (χ3n) is 4.74. The predicted octanol–water partition coefficient (Wildman–Crippen LogP) is 5.92. The summed E-state index contributed by atoms with van der Waals surface area (Å²) in [6, 6.07) is 25.8. The molecule has 0 aliphatic heterocycles. The fraction of sp³-hybridized carbons (Fsp3) is 0.280. The maximum Gasteiger partial charge on any atom is 0.127 e. The molecule has 0 unspecified atom stereocenters. The maximum absolute atomic E-state index is 13.8. The second-order valence-corrected chi connectivity index (χ2v) is 7.26. The van der Waals surface area contributed by atoms with Gasteiger partial charge >= 0.3 is 0 Å². The quantitative estimate of drug-likeness (QED) is 0.467. The van der Waals surface area contributed by atoms with Gasteiger partial charge in [0.05, 0.1) is 6.10 Å². The van der Waals surface area contributed by atoms with Crippen molar-refractivity contribution in [3.05, 3.63) is 101 Å². The van der Waals surface area contributed by atoms with Gasteiger partial charge in [-0.2, -0.15) is 0 Å². The Bertz CT molecular complexity index is 846. The summed E-state index contributed by atoms with van der Waals surface area (Å²) in [4.78, 5) is 0. The van der Waals surface area contributed by atoms with Crippen LogP contribution in [-0.4, -0.2) is 12.6 Å². The molecule has 0 aromatic heterocycles. The fourth-order valence-electron chi connectivity index (χ4n) is 3.37. The summed E-state index contributed by atoms with van der Waals surface area (Å²) < 4.78 is 19.5. The van der Waals surface area contributed by atoms with Crippen molar-refractivity contribution in [1.82, 2.24) is 5.32 Å². The summed E-state index contributed by atoms with van der Waals surface area (Å²) >= 11 is 0. The first-order valence-corrected chi connectivity index (χ1v) is 9.89. The Labute approximate surface area is 167 Å². The molecule has 0 spiro atoms. The molecule has 3 rings (SSSR count). The van der Waals surface area contributed by atoms with Gasteiger partial charge in [-0.05, 0) is 56.1 Å². The lowest BCUT2D eigenvalue weighted by Gasteiger charge is -2.19. The van der Waals surface area contributed by atoms with E-state index in [4.69, 9.17) is 4.74 Å². The lowest BCUT2D eigenvalue weighted by molar-refractivity contribution is 0.242. The first-order chi connectivity index (χ1) is 13.6. The Morgan fingerprint density at radius 3 is 2.14 bits per heavy atom. The average Bonchev–Trinajstić information content (AvgIpc) is 2.70. The van der Waals surface area contributed by atoms with E-state index >= 15 is 0 Å². The van der Waals surface area contributed by atoms with Gasteiger partial charge < -0.3 is 10.1 Å². The largest absolute Gasteiger partial charge is 0.491 e. The highest BCUT2D eigenvalue weighted by Crippen LogP contribution is 2.29. The van der Waals surface area contributed by atoms with E-state index in [1.807, 2.05) is 44.2 Å². The molecule has 3 heteroatoms. The van der Waals surface area contributed by atoms with E-state index in [9.17, 15) is 4.39 Å². The SMILES string of the molecule is CC(C)Oc1ccc([C@H](CCNCc2ccccc2F)c2ccccc2)cc1. The third-order valence-corrected chi connectivity index (χ3v) is 4.74. The number of hydrogen-bond acceptors (Lipinski definition) is 2. The molecule has 0 fully saturated rings. The summed E-state index contributed by atoms with van der Waals surface area (Å²) in [5, 5.41) is 3.39. The van der Waals surface area contributed by atoms with Crippen molar-refractivity contribution in [1.29, 1.82) is 0 Å². The van der Waals surface area contributed by atoms with Crippen molar-refractivity contribution < 1.29 is 9.13 Å². The summed E-state index contributed by atoms with van der Waals surface area (Å²) in [7, 11) is 0. The highest BCUT2D eigenvalue weighted by atomic mass is 19.1. The summed E-state index contributed by atoms with van der Waals surface area (Å²) in [6.45, 7) is 5.40. The molecule has 0 radical (unpaired) electrons. The van der Waals surface area contributed by atoms with E-state index in [-0.39, 0.29) is 17.8 Å². The van der Waals surface area contributed by atoms with E-state index < -0.39 is 0 Å². The molecule has 0 saturated heterocycles. The molecule has 28 heavy (non-hydrogen) atoms.